The molecule has 0 saturated carbocycles. The second-order valence-electron chi connectivity index (χ2n) is 8.23. The number of nitrogens with zero attached hydrogens (tertiary/aromatic N) is 2. The van der Waals surface area contributed by atoms with Crippen molar-refractivity contribution in [2.24, 2.45) is 0 Å². The zero-order chi connectivity index (χ0) is 27.0. The van der Waals surface area contributed by atoms with Gasteiger partial charge in [-0.15, -0.1) is 0 Å². The zero-order valence-corrected chi connectivity index (χ0v) is 25.3. The summed E-state index contributed by atoms with van der Waals surface area (Å²) in [5.74, 6) is -1.75. The summed E-state index contributed by atoms with van der Waals surface area (Å²) >= 11 is 5.87. The summed E-state index contributed by atoms with van der Waals surface area (Å²) in [7, 11) is -5.37. The molecule has 38 heavy (non-hydrogen) atoms. The van der Waals surface area contributed by atoms with Gasteiger partial charge in [0.1, 0.15) is 6.04 Å². The van der Waals surface area contributed by atoms with E-state index in [1.165, 1.54) is 47.6 Å². The number of halogens is 1. The van der Waals surface area contributed by atoms with Gasteiger partial charge in [-0.3, -0.25) is 14.0 Å². The minimum atomic E-state index is -4.10. The van der Waals surface area contributed by atoms with E-state index in [2.05, 4.69) is 9.71 Å². The molecular formula is C25H25ClN3NaO6S2. The average Bonchev–Trinajstić information content (AvgIpc) is 2.87. The van der Waals surface area contributed by atoms with Gasteiger partial charge in [0, 0.05) is 53.3 Å². The molecule has 1 aromatic heterocycles. The number of carbonyl (C=O) groups is 2. The van der Waals surface area contributed by atoms with Gasteiger partial charge in [0.05, 0.1) is 10.9 Å². The van der Waals surface area contributed by atoms with Gasteiger partial charge in [0.2, 0.25) is 15.9 Å². The van der Waals surface area contributed by atoms with Crippen LogP contribution in [0.25, 0.3) is 0 Å². The number of sulfonamides is 1. The Morgan fingerprint density at radius 3 is 2.24 bits per heavy atom. The van der Waals surface area contributed by atoms with Crippen molar-refractivity contribution < 1.29 is 56.9 Å². The van der Waals surface area contributed by atoms with E-state index in [1.54, 1.807) is 36.7 Å². The topological polar surface area (TPSA) is 137 Å². The third-order valence-corrected chi connectivity index (χ3v) is 7.93. The number of benzene rings is 2. The summed E-state index contributed by atoms with van der Waals surface area (Å²) in [5.41, 5.74) is 1.33. The van der Waals surface area contributed by atoms with Crippen molar-refractivity contribution >= 4 is 44.3 Å². The van der Waals surface area contributed by atoms with E-state index in [-0.39, 0.29) is 65.3 Å². The molecule has 0 aliphatic carbocycles. The van der Waals surface area contributed by atoms with Crippen LogP contribution in [-0.4, -0.2) is 52.4 Å². The number of carboxylic acid groups (broad SMARTS) is 1. The van der Waals surface area contributed by atoms with Crippen molar-refractivity contribution in [3.05, 3.63) is 94.8 Å². The average molecular weight is 586 g/mol. The summed E-state index contributed by atoms with van der Waals surface area (Å²) in [6.45, 7) is 0.179. The predicted molar refractivity (Wildman–Crippen MR) is 138 cm³/mol. The fourth-order valence-corrected chi connectivity index (χ4v) is 5.41. The first-order valence-corrected chi connectivity index (χ1v) is 14.7. The standard InChI is InChI=1S/C25H26ClN3O6S2.Na/c1-36(33)14-12-23(28-37(34,35)22-10-8-21(26)9-11-22)24(30)29(17-19-3-2-13-27-15-19)16-18-4-6-20(7-5-18)25(31)32;/h2-11,13,15,23,28H,12,14,16-17H2,1H3,(H,31,32);/q;+1/p-1/t23-,36?;/m1./s1. The number of aromatic carboxylic acids is 1. The Bertz CT molecular complexity index is 1360. The van der Waals surface area contributed by atoms with E-state index in [9.17, 15) is 27.3 Å². The SMILES string of the molecule is CS(=O)CC[C@@H](NS(=O)(=O)c1ccc(Cl)cc1)C(=O)N(Cc1ccc(C(=O)[O-])cc1)Cc1cccnc1.[Na+]. The molecule has 1 amide bonds. The molecule has 2 atom stereocenters. The molecular weight excluding hydrogens is 561 g/mol. The van der Waals surface area contributed by atoms with Crippen LogP contribution in [-0.2, 0) is 38.7 Å². The van der Waals surface area contributed by atoms with Crippen LogP contribution < -0.4 is 39.4 Å². The van der Waals surface area contributed by atoms with Gasteiger partial charge >= 0.3 is 29.6 Å². The Morgan fingerprint density at radius 1 is 1.05 bits per heavy atom. The first-order valence-electron chi connectivity index (χ1n) is 11.1. The first-order chi connectivity index (χ1) is 17.5. The van der Waals surface area contributed by atoms with Gasteiger partial charge in [-0.2, -0.15) is 4.72 Å². The van der Waals surface area contributed by atoms with E-state index < -0.39 is 38.7 Å². The Hall–Kier alpha value is -2.12. The maximum atomic E-state index is 13.8. The van der Waals surface area contributed by atoms with E-state index in [1.807, 2.05) is 0 Å². The fraction of sp³-hybridized carbons (Fsp3) is 0.240. The van der Waals surface area contributed by atoms with Gasteiger partial charge in [0.25, 0.3) is 0 Å². The minimum absolute atomic E-state index is 0. The number of carboxylic acids is 1. The Morgan fingerprint density at radius 2 is 1.68 bits per heavy atom. The maximum absolute atomic E-state index is 13.8. The molecule has 9 nitrogen and oxygen atoms in total. The number of amides is 1. The molecule has 1 N–H and O–H groups in total. The smallest absolute Gasteiger partial charge is 0.545 e. The van der Waals surface area contributed by atoms with Gasteiger partial charge in [-0.1, -0.05) is 41.9 Å². The minimum Gasteiger partial charge on any atom is -0.545 e. The van der Waals surface area contributed by atoms with Crippen LogP contribution in [0.4, 0.5) is 0 Å². The Kier molecular flexibility index (Phi) is 12.6. The summed E-state index contributed by atoms with van der Waals surface area (Å²) in [6.07, 6.45) is 4.66. The molecule has 0 saturated heterocycles. The first kappa shape index (κ1) is 32.1. The number of carbonyl (C=O) groups excluding carboxylic acids is 2. The van der Waals surface area contributed by atoms with Gasteiger partial charge < -0.3 is 14.8 Å². The molecule has 196 valence electrons. The molecule has 0 fully saturated rings. The quantitative estimate of drug-likeness (QED) is 0.262. The number of hydrogen-bond donors (Lipinski definition) is 1. The van der Waals surface area contributed by atoms with Gasteiger partial charge in [0.15, 0.2) is 0 Å². The van der Waals surface area contributed by atoms with Crippen LogP contribution in [0.1, 0.15) is 27.9 Å². The third-order valence-electron chi connectivity index (χ3n) is 5.38. The molecule has 3 rings (SSSR count). The molecule has 2 aromatic carbocycles. The van der Waals surface area contributed by atoms with Crippen LogP contribution in [0.15, 0.2) is 78.0 Å². The van der Waals surface area contributed by atoms with Crippen LogP contribution >= 0.6 is 11.6 Å². The second-order valence-corrected chi connectivity index (χ2v) is 11.9. The molecule has 3 aromatic rings. The van der Waals surface area contributed by atoms with Gasteiger partial charge in [-0.25, -0.2) is 8.42 Å². The molecule has 0 aliphatic rings. The third kappa shape index (κ3) is 9.57. The van der Waals surface area contributed by atoms with Crippen molar-refractivity contribution in [2.45, 2.75) is 30.4 Å². The number of rotatable bonds is 12. The van der Waals surface area contributed by atoms with Crippen molar-refractivity contribution in [1.29, 1.82) is 0 Å². The van der Waals surface area contributed by atoms with E-state index in [0.29, 0.717) is 16.1 Å². The molecule has 0 spiro atoms. The summed E-state index contributed by atoms with van der Waals surface area (Å²) < 4.78 is 40.4. The number of aromatic nitrogens is 1. The summed E-state index contributed by atoms with van der Waals surface area (Å²) in [4.78, 5) is 30.3. The second kappa shape index (κ2) is 14.9. The Labute approximate surface area is 251 Å². The fourth-order valence-electron chi connectivity index (χ4n) is 3.50. The molecule has 0 bridgehead atoms. The zero-order valence-electron chi connectivity index (χ0n) is 20.9. The van der Waals surface area contributed by atoms with E-state index in [4.69, 9.17) is 11.6 Å². The van der Waals surface area contributed by atoms with Crippen molar-refractivity contribution in [3.8, 4) is 0 Å². The van der Waals surface area contributed by atoms with Gasteiger partial charge in [-0.05, 0) is 53.4 Å². The molecule has 1 heterocycles. The summed E-state index contributed by atoms with van der Waals surface area (Å²) in [5, 5.41) is 11.4. The molecule has 13 heteroatoms. The van der Waals surface area contributed by atoms with E-state index >= 15 is 0 Å². The molecule has 0 radical (unpaired) electrons. The van der Waals surface area contributed by atoms with E-state index in [0.717, 1.165) is 0 Å². The predicted octanol–water partition coefficient (Wildman–Crippen LogP) is -1.25. The van der Waals surface area contributed by atoms with Crippen molar-refractivity contribution in [3.63, 3.8) is 0 Å². The van der Waals surface area contributed by atoms with Crippen LogP contribution in [0.5, 0.6) is 0 Å². The molecule has 0 aliphatic heterocycles. The maximum Gasteiger partial charge on any atom is 1.00 e. The normalized spacial score (nSPS) is 12.7. The number of hydrogen-bond acceptors (Lipinski definition) is 7. The van der Waals surface area contributed by atoms with Crippen molar-refractivity contribution in [2.75, 3.05) is 12.0 Å². The largest absolute Gasteiger partial charge is 1.00 e. The van der Waals surface area contributed by atoms with Crippen LogP contribution in [0, 0.1) is 0 Å². The summed E-state index contributed by atoms with van der Waals surface area (Å²) in [6, 6.07) is 13.7. The van der Waals surface area contributed by atoms with Crippen molar-refractivity contribution in [1.82, 2.24) is 14.6 Å². The number of nitrogens with one attached hydrogen (secondary N) is 1. The van der Waals surface area contributed by atoms with Crippen LogP contribution in [0.3, 0.4) is 0 Å². The Balaban J connectivity index is 0.00000507. The van der Waals surface area contributed by atoms with Crippen LogP contribution in [0.2, 0.25) is 5.02 Å². The number of pyridine rings is 1. The monoisotopic (exact) mass is 585 g/mol. The molecule has 1 unspecified atom stereocenters.